The van der Waals surface area contributed by atoms with Crippen LogP contribution in [0.4, 0.5) is 13.2 Å². The molecule has 0 atom stereocenters. The molecule has 0 aromatic heterocycles. The highest BCUT2D eigenvalue weighted by Gasteiger charge is 2.34. The van der Waals surface area contributed by atoms with Crippen molar-refractivity contribution in [2.45, 2.75) is 25.4 Å². The monoisotopic (exact) mass is 199 g/mol. The summed E-state index contributed by atoms with van der Waals surface area (Å²) in [7, 11) is 0. The third-order valence-corrected chi connectivity index (χ3v) is 2.54. The van der Waals surface area contributed by atoms with Gasteiger partial charge in [0.25, 0.3) is 0 Å². The Kier molecular flexibility index (Phi) is 2.25. The molecule has 1 aromatic rings. The van der Waals surface area contributed by atoms with Crippen molar-refractivity contribution in [3.63, 3.8) is 0 Å². The van der Waals surface area contributed by atoms with Gasteiger partial charge in [-0.05, 0) is 42.9 Å². The van der Waals surface area contributed by atoms with E-state index in [1.165, 1.54) is 6.07 Å². The molecular weight excluding hydrogens is 189 g/mol. The van der Waals surface area contributed by atoms with Gasteiger partial charge in [-0.25, -0.2) is 0 Å². The second-order valence-electron chi connectivity index (χ2n) is 3.47. The molecule has 1 aliphatic rings. The molecule has 1 radical (unpaired) electrons. The van der Waals surface area contributed by atoms with Crippen LogP contribution in [-0.2, 0) is 19.0 Å². The van der Waals surface area contributed by atoms with Crippen LogP contribution in [0.2, 0.25) is 0 Å². The van der Waals surface area contributed by atoms with Crippen molar-refractivity contribution in [2.75, 3.05) is 0 Å². The van der Waals surface area contributed by atoms with Crippen LogP contribution >= 0.6 is 0 Å². The fraction of sp³-hybridized carbons (Fsp3) is 0.364. The molecule has 0 saturated carbocycles. The lowest BCUT2D eigenvalue weighted by atomic mass is 9.88. The number of rotatable bonds is 0. The summed E-state index contributed by atoms with van der Waals surface area (Å²) < 4.78 is 37.7. The summed E-state index contributed by atoms with van der Waals surface area (Å²) in [6.07, 6.45) is -0.229. The molecule has 0 nitrogen and oxygen atoms in total. The van der Waals surface area contributed by atoms with Crippen molar-refractivity contribution in [1.82, 2.24) is 0 Å². The maximum absolute atomic E-state index is 12.6. The maximum Gasteiger partial charge on any atom is 0.416 e. The molecule has 14 heavy (non-hydrogen) atoms. The van der Waals surface area contributed by atoms with Gasteiger partial charge in [-0.2, -0.15) is 13.2 Å². The van der Waals surface area contributed by atoms with Gasteiger partial charge in [-0.3, -0.25) is 0 Å². The van der Waals surface area contributed by atoms with E-state index >= 15 is 0 Å². The number of halogens is 3. The summed E-state index contributed by atoms with van der Waals surface area (Å²) in [5.41, 5.74) is 0.847. The number of benzene rings is 1. The molecule has 0 spiro atoms. The smallest absolute Gasteiger partial charge is 0.166 e. The second kappa shape index (κ2) is 3.30. The van der Waals surface area contributed by atoms with E-state index in [0.29, 0.717) is 12.0 Å². The molecule has 2 rings (SSSR count). The Labute approximate surface area is 80.7 Å². The molecule has 0 bridgehead atoms. The Morgan fingerprint density at radius 3 is 2.64 bits per heavy atom. The molecule has 0 fully saturated rings. The quantitative estimate of drug-likeness (QED) is 0.600. The first-order valence-corrected chi connectivity index (χ1v) is 4.58. The lowest BCUT2D eigenvalue weighted by Gasteiger charge is -2.20. The van der Waals surface area contributed by atoms with Crippen molar-refractivity contribution in [2.24, 2.45) is 0 Å². The Hall–Kier alpha value is -0.990. The zero-order valence-electron chi connectivity index (χ0n) is 7.56. The largest absolute Gasteiger partial charge is 0.416 e. The van der Waals surface area contributed by atoms with E-state index in [-0.39, 0.29) is 0 Å². The molecule has 0 unspecified atom stereocenters. The van der Waals surface area contributed by atoms with Crippen molar-refractivity contribution in [3.05, 3.63) is 41.3 Å². The average molecular weight is 199 g/mol. The number of aryl methyl sites for hydroxylation is 1. The van der Waals surface area contributed by atoms with Crippen LogP contribution in [-0.4, -0.2) is 0 Å². The van der Waals surface area contributed by atoms with Crippen LogP contribution in [0.15, 0.2) is 18.2 Å². The van der Waals surface area contributed by atoms with E-state index < -0.39 is 11.7 Å². The molecule has 0 N–H and O–H groups in total. The van der Waals surface area contributed by atoms with Crippen LogP contribution in [0.1, 0.15) is 23.1 Å². The zero-order chi connectivity index (χ0) is 10.2. The summed E-state index contributed by atoms with van der Waals surface area (Å²) >= 11 is 0. The van der Waals surface area contributed by atoms with Crippen LogP contribution in [0.25, 0.3) is 0 Å². The van der Waals surface area contributed by atoms with Crippen LogP contribution in [0.3, 0.4) is 0 Å². The number of hydrogen-bond donors (Lipinski definition) is 0. The summed E-state index contributed by atoms with van der Waals surface area (Å²) in [5, 5.41) is 0. The maximum atomic E-state index is 12.6. The third-order valence-electron chi connectivity index (χ3n) is 2.54. The van der Waals surface area contributed by atoms with E-state index in [0.717, 1.165) is 24.5 Å². The Morgan fingerprint density at radius 2 is 1.93 bits per heavy atom. The first-order chi connectivity index (χ1) is 6.59. The average Bonchev–Trinajstić information content (AvgIpc) is 2.15. The van der Waals surface area contributed by atoms with Gasteiger partial charge in [0.1, 0.15) is 0 Å². The number of alkyl halides is 3. The minimum Gasteiger partial charge on any atom is -0.166 e. The fourth-order valence-electron chi connectivity index (χ4n) is 1.88. The minimum atomic E-state index is -4.21. The third kappa shape index (κ3) is 1.63. The Balaban J connectivity index is 2.51. The molecule has 0 amide bonds. The summed E-state index contributed by atoms with van der Waals surface area (Å²) in [6.45, 7) is 0. The van der Waals surface area contributed by atoms with Gasteiger partial charge in [-0.1, -0.05) is 12.1 Å². The van der Waals surface area contributed by atoms with Gasteiger partial charge in [-0.15, -0.1) is 0 Å². The van der Waals surface area contributed by atoms with Gasteiger partial charge in [0.15, 0.2) is 0 Å². The molecule has 1 aromatic carbocycles. The first kappa shape index (κ1) is 9.56. The molecule has 75 valence electrons. The van der Waals surface area contributed by atoms with Crippen LogP contribution in [0.5, 0.6) is 0 Å². The highest BCUT2D eigenvalue weighted by molar-refractivity contribution is 5.39. The van der Waals surface area contributed by atoms with E-state index in [9.17, 15) is 13.2 Å². The lowest BCUT2D eigenvalue weighted by Crippen LogP contribution is -2.14. The first-order valence-electron chi connectivity index (χ1n) is 4.58. The van der Waals surface area contributed by atoms with E-state index in [2.05, 4.69) is 0 Å². The predicted molar refractivity (Wildman–Crippen MR) is 47.8 cm³/mol. The SMILES string of the molecule is FC(F)(F)c1cccc2c1C[CH]CC2. The normalized spacial score (nSPS) is 16.5. The predicted octanol–water partition coefficient (Wildman–Crippen LogP) is 3.40. The summed E-state index contributed by atoms with van der Waals surface area (Å²) in [4.78, 5) is 0. The van der Waals surface area contributed by atoms with Gasteiger partial charge >= 0.3 is 6.18 Å². The Bertz CT molecular complexity index is 339. The van der Waals surface area contributed by atoms with Crippen LogP contribution in [0, 0.1) is 6.42 Å². The second-order valence-corrected chi connectivity index (χ2v) is 3.47. The standard InChI is InChI=1S/C11H10F3/c12-11(13,14)10-7-3-5-8-4-1-2-6-9(8)10/h2-3,5,7H,1,4,6H2. The van der Waals surface area contributed by atoms with Crippen molar-refractivity contribution in [1.29, 1.82) is 0 Å². The van der Waals surface area contributed by atoms with Crippen molar-refractivity contribution >= 4 is 0 Å². The van der Waals surface area contributed by atoms with E-state index in [1.54, 1.807) is 6.07 Å². The van der Waals surface area contributed by atoms with Crippen LogP contribution < -0.4 is 0 Å². The fourth-order valence-corrected chi connectivity index (χ4v) is 1.88. The zero-order valence-corrected chi connectivity index (χ0v) is 7.56. The van der Waals surface area contributed by atoms with Gasteiger partial charge in [0, 0.05) is 0 Å². The van der Waals surface area contributed by atoms with Gasteiger partial charge < -0.3 is 0 Å². The van der Waals surface area contributed by atoms with Crippen molar-refractivity contribution < 1.29 is 13.2 Å². The molecule has 3 heteroatoms. The lowest BCUT2D eigenvalue weighted by molar-refractivity contribution is -0.138. The van der Waals surface area contributed by atoms with Gasteiger partial charge in [0.2, 0.25) is 0 Å². The number of hydrogen-bond acceptors (Lipinski definition) is 0. The Morgan fingerprint density at radius 1 is 1.14 bits per heavy atom. The highest BCUT2D eigenvalue weighted by atomic mass is 19.4. The molecule has 0 heterocycles. The summed E-state index contributed by atoms with van der Waals surface area (Å²) in [6, 6.07) is 4.45. The topological polar surface area (TPSA) is 0 Å². The number of fused-ring (bicyclic) bond motifs is 1. The van der Waals surface area contributed by atoms with Gasteiger partial charge in [0.05, 0.1) is 5.56 Å². The van der Waals surface area contributed by atoms with Crippen molar-refractivity contribution in [3.8, 4) is 0 Å². The molecular formula is C11H10F3. The molecule has 0 aliphatic heterocycles. The molecule has 1 aliphatic carbocycles. The van der Waals surface area contributed by atoms with E-state index in [1.807, 2.05) is 6.42 Å². The molecule has 0 saturated heterocycles. The summed E-state index contributed by atoms with van der Waals surface area (Å²) in [5.74, 6) is 0. The minimum absolute atomic E-state index is 0.449. The van der Waals surface area contributed by atoms with E-state index in [4.69, 9.17) is 0 Å². The highest BCUT2D eigenvalue weighted by Crippen LogP contribution is 2.35.